The molecule has 0 aliphatic heterocycles. The fourth-order valence-electron chi connectivity index (χ4n) is 2.53. The lowest BCUT2D eigenvalue weighted by molar-refractivity contribution is 0.0892. The number of carbonyl (C=O) groups excluding carboxylic acids is 1. The van der Waals surface area contributed by atoms with Crippen molar-refractivity contribution < 1.29 is 4.79 Å². The van der Waals surface area contributed by atoms with Gasteiger partial charge in [-0.05, 0) is 43.9 Å². The van der Waals surface area contributed by atoms with Gasteiger partial charge in [-0.2, -0.15) is 0 Å². The zero-order valence-electron chi connectivity index (χ0n) is 12.5. The minimum absolute atomic E-state index is 0.142. The number of anilines is 2. The molecule has 5 N–H and O–H groups in total. The molecule has 0 fully saturated rings. The Hall–Kier alpha value is -1.71. The molecule has 1 amide bonds. The largest absolute Gasteiger partial charge is 0.399 e. The normalized spacial score (nSPS) is 12.3. The van der Waals surface area contributed by atoms with E-state index in [4.69, 9.17) is 11.5 Å². The maximum absolute atomic E-state index is 12.2. The number of hydrogen-bond acceptors (Lipinski definition) is 3. The molecule has 0 unspecified atom stereocenters. The Morgan fingerprint density at radius 2 is 1.74 bits per heavy atom. The van der Waals surface area contributed by atoms with Crippen LogP contribution in [0.4, 0.5) is 11.4 Å². The first-order chi connectivity index (χ1) is 8.50. The van der Waals surface area contributed by atoms with Gasteiger partial charge in [0, 0.05) is 16.9 Å². The van der Waals surface area contributed by atoms with E-state index < -0.39 is 0 Å². The monoisotopic (exact) mass is 263 g/mol. The van der Waals surface area contributed by atoms with E-state index >= 15 is 0 Å². The second-order valence-corrected chi connectivity index (χ2v) is 6.92. The predicted molar refractivity (Wildman–Crippen MR) is 80.9 cm³/mol. The molecule has 0 radical (unpaired) electrons. The minimum atomic E-state index is -0.289. The highest BCUT2D eigenvalue weighted by Gasteiger charge is 2.27. The summed E-state index contributed by atoms with van der Waals surface area (Å²) in [5.41, 5.74) is 12.7. The van der Waals surface area contributed by atoms with E-state index in [1.54, 1.807) is 18.2 Å². The third kappa shape index (κ3) is 4.81. The molecule has 0 spiro atoms. The van der Waals surface area contributed by atoms with Crippen LogP contribution >= 0.6 is 0 Å². The number of nitrogens with two attached hydrogens (primary N) is 2. The molecular formula is C15H25N3O. The van der Waals surface area contributed by atoms with Crippen LogP contribution in [0.25, 0.3) is 0 Å². The van der Waals surface area contributed by atoms with E-state index in [0.29, 0.717) is 16.9 Å². The standard InChI is InChI=1S/C15H25N3O/c1-14(2,3)9-15(4,5)18-13(19)11-7-6-10(16)8-12(11)17/h6-8H,9,16-17H2,1-5H3,(H,18,19). The van der Waals surface area contributed by atoms with Gasteiger partial charge in [0.05, 0.1) is 5.56 Å². The third-order valence-electron chi connectivity index (χ3n) is 2.74. The van der Waals surface area contributed by atoms with Gasteiger partial charge in [-0.25, -0.2) is 0 Å². The van der Waals surface area contributed by atoms with Gasteiger partial charge >= 0.3 is 0 Å². The third-order valence-corrected chi connectivity index (χ3v) is 2.74. The first-order valence-corrected chi connectivity index (χ1v) is 6.48. The number of carbonyl (C=O) groups is 1. The van der Waals surface area contributed by atoms with Crippen molar-refractivity contribution in [2.24, 2.45) is 5.41 Å². The Balaban J connectivity index is 2.84. The highest BCUT2D eigenvalue weighted by molar-refractivity contribution is 6.00. The summed E-state index contributed by atoms with van der Waals surface area (Å²) in [5.74, 6) is -0.160. The molecule has 0 aromatic heterocycles. The Morgan fingerprint density at radius 1 is 1.16 bits per heavy atom. The molecule has 4 heteroatoms. The number of nitrogens with one attached hydrogen (secondary N) is 1. The maximum atomic E-state index is 12.2. The summed E-state index contributed by atoms with van der Waals surface area (Å²) in [5, 5.41) is 3.03. The molecule has 4 nitrogen and oxygen atoms in total. The fourth-order valence-corrected chi connectivity index (χ4v) is 2.53. The molecule has 106 valence electrons. The van der Waals surface area contributed by atoms with Crippen molar-refractivity contribution in [3.05, 3.63) is 23.8 Å². The van der Waals surface area contributed by atoms with Crippen molar-refractivity contribution in [1.29, 1.82) is 0 Å². The number of hydrogen-bond donors (Lipinski definition) is 3. The van der Waals surface area contributed by atoms with E-state index in [1.807, 2.05) is 13.8 Å². The first-order valence-electron chi connectivity index (χ1n) is 6.48. The Bertz CT molecular complexity index is 473. The second kappa shape index (κ2) is 5.11. The number of nitrogen functional groups attached to an aromatic ring is 2. The van der Waals surface area contributed by atoms with Crippen molar-refractivity contribution in [3.8, 4) is 0 Å². The molecule has 0 aliphatic rings. The number of amides is 1. The topological polar surface area (TPSA) is 81.1 Å². The molecule has 1 rings (SSSR count). The lowest BCUT2D eigenvalue weighted by atomic mass is 9.81. The van der Waals surface area contributed by atoms with Gasteiger partial charge in [0.15, 0.2) is 0 Å². The van der Waals surface area contributed by atoms with Gasteiger partial charge in [0.25, 0.3) is 5.91 Å². The summed E-state index contributed by atoms with van der Waals surface area (Å²) < 4.78 is 0. The lowest BCUT2D eigenvalue weighted by Gasteiger charge is -2.33. The van der Waals surface area contributed by atoms with Crippen molar-refractivity contribution >= 4 is 17.3 Å². The second-order valence-electron chi connectivity index (χ2n) is 6.92. The van der Waals surface area contributed by atoms with Crippen molar-refractivity contribution in [3.63, 3.8) is 0 Å². The smallest absolute Gasteiger partial charge is 0.253 e. The van der Waals surface area contributed by atoms with Crippen LogP contribution in [-0.2, 0) is 0 Å². The molecule has 1 aromatic rings. The van der Waals surface area contributed by atoms with E-state index in [0.717, 1.165) is 6.42 Å². The van der Waals surface area contributed by atoms with Crippen LogP contribution in [0.15, 0.2) is 18.2 Å². The molecule has 0 saturated heterocycles. The van der Waals surface area contributed by atoms with Gasteiger partial charge in [-0.15, -0.1) is 0 Å². The predicted octanol–water partition coefficient (Wildman–Crippen LogP) is 2.80. The van der Waals surface area contributed by atoms with Gasteiger partial charge in [0.1, 0.15) is 0 Å². The Morgan fingerprint density at radius 3 is 2.21 bits per heavy atom. The van der Waals surface area contributed by atoms with Gasteiger partial charge in [-0.1, -0.05) is 20.8 Å². The quantitative estimate of drug-likeness (QED) is 0.733. The van der Waals surface area contributed by atoms with E-state index in [2.05, 4.69) is 26.1 Å². The zero-order valence-corrected chi connectivity index (χ0v) is 12.5. The molecule has 19 heavy (non-hydrogen) atoms. The highest BCUT2D eigenvalue weighted by Crippen LogP contribution is 2.27. The molecular weight excluding hydrogens is 238 g/mol. The van der Waals surface area contributed by atoms with Crippen LogP contribution in [0.3, 0.4) is 0 Å². The SMILES string of the molecule is CC(C)(C)CC(C)(C)NC(=O)c1ccc(N)cc1N. The summed E-state index contributed by atoms with van der Waals surface area (Å²) in [6.45, 7) is 10.5. The average molecular weight is 263 g/mol. The molecule has 0 heterocycles. The molecule has 0 aliphatic carbocycles. The summed E-state index contributed by atoms with van der Waals surface area (Å²) in [7, 11) is 0. The molecule has 1 aromatic carbocycles. The summed E-state index contributed by atoms with van der Waals surface area (Å²) in [6.07, 6.45) is 0.876. The van der Waals surface area contributed by atoms with E-state index in [-0.39, 0.29) is 16.9 Å². The van der Waals surface area contributed by atoms with Crippen molar-refractivity contribution in [2.45, 2.75) is 46.6 Å². The van der Waals surface area contributed by atoms with Crippen molar-refractivity contribution in [1.82, 2.24) is 5.32 Å². The Labute approximate surface area is 115 Å². The van der Waals surface area contributed by atoms with Crippen LogP contribution in [0.1, 0.15) is 51.4 Å². The van der Waals surface area contributed by atoms with Crippen LogP contribution in [-0.4, -0.2) is 11.4 Å². The van der Waals surface area contributed by atoms with Gasteiger partial charge < -0.3 is 16.8 Å². The van der Waals surface area contributed by atoms with Gasteiger partial charge in [0.2, 0.25) is 0 Å². The first kappa shape index (κ1) is 15.3. The van der Waals surface area contributed by atoms with Crippen LogP contribution < -0.4 is 16.8 Å². The Kier molecular flexibility index (Phi) is 4.13. The summed E-state index contributed by atoms with van der Waals surface area (Å²) in [4.78, 5) is 12.2. The summed E-state index contributed by atoms with van der Waals surface area (Å²) >= 11 is 0. The number of rotatable bonds is 3. The highest BCUT2D eigenvalue weighted by atomic mass is 16.1. The molecule has 0 saturated carbocycles. The van der Waals surface area contributed by atoms with Crippen molar-refractivity contribution in [2.75, 3.05) is 11.5 Å². The van der Waals surface area contributed by atoms with E-state index in [9.17, 15) is 4.79 Å². The minimum Gasteiger partial charge on any atom is -0.399 e. The van der Waals surface area contributed by atoms with Crippen LogP contribution in [0, 0.1) is 5.41 Å². The van der Waals surface area contributed by atoms with E-state index in [1.165, 1.54) is 0 Å². The van der Waals surface area contributed by atoms with Gasteiger partial charge in [-0.3, -0.25) is 4.79 Å². The maximum Gasteiger partial charge on any atom is 0.253 e. The summed E-state index contributed by atoms with van der Waals surface area (Å²) in [6, 6.07) is 4.95. The average Bonchev–Trinajstić information content (AvgIpc) is 2.11. The fraction of sp³-hybridized carbons (Fsp3) is 0.533. The molecule has 0 bridgehead atoms. The van der Waals surface area contributed by atoms with Crippen LogP contribution in [0.2, 0.25) is 0 Å². The zero-order chi connectivity index (χ0) is 14.8. The molecule has 0 atom stereocenters. The lowest BCUT2D eigenvalue weighted by Crippen LogP contribution is -2.46. The van der Waals surface area contributed by atoms with Crippen LogP contribution in [0.5, 0.6) is 0 Å². The number of benzene rings is 1.